The quantitative estimate of drug-likeness (QED) is 0.551. The Labute approximate surface area is 173 Å². The van der Waals surface area contributed by atoms with Crippen molar-refractivity contribution in [3.8, 4) is 11.1 Å². The van der Waals surface area contributed by atoms with Crippen LogP contribution in [0.4, 0.5) is 0 Å². The van der Waals surface area contributed by atoms with Gasteiger partial charge in [0.15, 0.2) is 0 Å². The monoisotopic (exact) mass is 402 g/mol. The number of amides is 1. The summed E-state index contributed by atoms with van der Waals surface area (Å²) in [7, 11) is 0. The third-order valence-corrected chi connectivity index (χ3v) is 4.85. The predicted molar refractivity (Wildman–Crippen MR) is 114 cm³/mol. The van der Waals surface area contributed by atoms with Crippen LogP contribution in [0.5, 0.6) is 0 Å². The predicted octanol–water partition coefficient (Wildman–Crippen LogP) is 3.55. The second-order valence-corrected chi connectivity index (χ2v) is 7.55. The van der Waals surface area contributed by atoms with Crippen LogP contribution >= 0.6 is 0 Å². The zero-order chi connectivity index (χ0) is 21.3. The number of hydrogen-bond acceptors (Lipinski definition) is 5. The highest BCUT2D eigenvalue weighted by Crippen LogP contribution is 2.24. The second-order valence-electron chi connectivity index (χ2n) is 7.55. The molecule has 0 unspecified atom stereocenters. The molecule has 4 rings (SSSR count). The zero-order valence-corrected chi connectivity index (χ0v) is 17.0. The first kappa shape index (κ1) is 19.6. The Balaban J connectivity index is 1.64. The van der Waals surface area contributed by atoms with E-state index >= 15 is 0 Å². The van der Waals surface area contributed by atoms with Gasteiger partial charge in [-0.25, -0.2) is 4.98 Å². The third-order valence-electron chi connectivity index (χ3n) is 4.85. The summed E-state index contributed by atoms with van der Waals surface area (Å²) in [5.74, 6) is -0.132. The normalized spacial score (nSPS) is 11.2. The van der Waals surface area contributed by atoms with Gasteiger partial charge in [0.05, 0.1) is 29.5 Å². The minimum absolute atomic E-state index is 0.0555. The van der Waals surface area contributed by atoms with Gasteiger partial charge in [-0.2, -0.15) is 0 Å². The first-order valence-corrected chi connectivity index (χ1v) is 9.72. The number of benzene rings is 2. The van der Waals surface area contributed by atoms with Crippen molar-refractivity contribution in [1.82, 2.24) is 20.0 Å². The van der Waals surface area contributed by atoms with Crippen molar-refractivity contribution >= 4 is 16.8 Å². The van der Waals surface area contributed by atoms with Gasteiger partial charge in [-0.3, -0.25) is 14.2 Å². The number of aromatic nitrogens is 3. The van der Waals surface area contributed by atoms with E-state index in [1.165, 1.54) is 6.33 Å². The molecule has 2 aromatic heterocycles. The van der Waals surface area contributed by atoms with Crippen LogP contribution in [0.3, 0.4) is 0 Å². The zero-order valence-electron chi connectivity index (χ0n) is 17.0. The molecule has 0 saturated heterocycles. The molecule has 4 aromatic rings. The van der Waals surface area contributed by atoms with Gasteiger partial charge in [-0.05, 0) is 56.2 Å². The van der Waals surface area contributed by atoms with Crippen LogP contribution in [-0.4, -0.2) is 26.7 Å². The lowest BCUT2D eigenvalue weighted by Crippen LogP contribution is -2.30. The number of nitrogens with zero attached hydrogens (tertiary/aromatic N) is 3. The molecule has 1 N–H and O–H groups in total. The molecular weight excluding hydrogens is 380 g/mol. The highest BCUT2D eigenvalue weighted by molar-refractivity contribution is 5.94. The first-order valence-electron chi connectivity index (χ1n) is 9.72. The van der Waals surface area contributed by atoms with E-state index < -0.39 is 0 Å². The molecule has 152 valence electrons. The number of aryl methyl sites for hydroxylation is 1. The maximum Gasteiger partial charge on any atom is 0.261 e. The molecule has 0 bridgehead atoms. The van der Waals surface area contributed by atoms with Gasteiger partial charge < -0.3 is 9.84 Å². The summed E-state index contributed by atoms with van der Waals surface area (Å²) in [6.07, 6.45) is 3.12. The Kier molecular flexibility index (Phi) is 5.18. The number of carbonyl (C=O) groups is 1. The molecule has 0 aliphatic heterocycles. The van der Waals surface area contributed by atoms with Crippen LogP contribution in [0.2, 0.25) is 0 Å². The fourth-order valence-electron chi connectivity index (χ4n) is 3.36. The summed E-state index contributed by atoms with van der Waals surface area (Å²) in [6, 6.07) is 12.8. The largest absolute Gasteiger partial charge is 0.364 e. The van der Waals surface area contributed by atoms with Gasteiger partial charge in [0.25, 0.3) is 11.5 Å². The van der Waals surface area contributed by atoms with E-state index in [1.807, 2.05) is 45.0 Å². The van der Waals surface area contributed by atoms with Crippen molar-refractivity contribution in [3.05, 3.63) is 82.2 Å². The molecule has 0 atom stereocenters. The van der Waals surface area contributed by atoms with Gasteiger partial charge in [-0.1, -0.05) is 23.4 Å². The minimum atomic E-state index is -0.134. The summed E-state index contributed by atoms with van der Waals surface area (Å²) in [5.41, 5.74) is 4.45. The summed E-state index contributed by atoms with van der Waals surface area (Å²) in [4.78, 5) is 29.7. The number of nitrogens with one attached hydrogen (secondary N) is 1. The van der Waals surface area contributed by atoms with E-state index in [-0.39, 0.29) is 17.5 Å². The Morgan fingerprint density at radius 1 is 1.20 bits per heavy atom. The second kappa shape index (κ2) is 7.94. The summed E-state index contributed by atoms with van der Waals surface area (Å²) < 4.78 is 6.55. The number of rotatable bonds is 5. The lowest BCUT2D eigenvalue weighted by atomic mass is 10.1. The standard InChI is InChI=1S/C23H22N4O3/c1-14(2)25-22(28)18-6-4-5-16(9-18)11-27-13-24-21-10-17(7-8-19(21)23(27)29)20-12-30-26-15(20)3/h4-10,12-14H,11H2,1-3H3,(H,25,28). The third kappa shape index (κ3) is 3.87. The topological polar surface area (TPSA) is 90.0 Å². The first-order chi connectivity index (χ1) is 14.4. The smallest absolute Gasteiger partial charge is 0.261 e. The fraction of sp³-hybridized carbons (Fsp3) is 0.217. The minimum Gasteiger partial charge on any atom is -0.364 e. The molecule has 0 spiro atoms. The van der Waals surface area contributed by atoms with Gasteiger partial charge in [0.2, 0.25) is 0 Å². The Hall–Kier alpha value is -3.74. The van der Waals surface area contributed by atoms with Crippen LogP contribution in [0.1, 0.15) is 35.5 Å². The van der Waals surface area contributed by atoms with Crippen LogP contribution in [0.15, 0.2) is 64.4 Å². The Bertz CT molecular complexity index is 1290. The van der Waals surface area contributed by atoms with Gasteiger partial charge in [0.1, 0.15) is 6.26 Å². The molecule has 7 heteroatoms. The number of fused-ring (bicyclic) bond motifs is 1. The van der Waals surface area contributed by atoms with Gasteiger partial charge in [0, 0.05) is 17.2 Å². The molecular formula is C23H22N4O3. The van der Waals surface area contributed by atoms with E-state index in [2.05, 4.69) is 15.5 Å². The average molecular weight is 402 g/mol. The van der Waals surface area contributed by atoms with Crippen molar-refractivity contribution in [2.75, 3.05) is 0 Å². The molecule has 0 radical (unpaired) electrons. The van der Waals surface area contributed by atoms with Crippen LogP contribution in [0.25, 0.3) is 22.0 Å². The highest BCUT2D eigenvalue weighted by atomic mass is 16.5. The maximum atomic E-state index is 13.0. The SMILES string of the molecule is Cc1nocc1-c1ccc2c(=O)n(Cc3cccc(C(=O)NC(C)C)c3)cnc2c1. The number of hydrogen-bond donors (Lipinski definition) is 1. The summed E-state index contributed by atoms with van der Waals surface area (Å²) in [5, 5.41) is 7.30. The van der Waals surface area contributed by atoms with Crippen molar-refractivity contribution < 1.29 is 9.32 Å². The van der Waals surface area contributed by atoms with Crippen LogP contribution in [0, 0.1) is 6.92 Å². The summed E-state index contributed by atoms with van der Waals surface area (Å²) in [6.45, 7) is 6.02. The lowest BCUT2D eigenvalue weighted by Gasteiger charge is -2.11. The summed E-state index contributed by atoms with van der Waals surface area (Å²) >= 11 is 0. The maximum absolute atomic E-state index is 13.0. The number of carbonyl (C=O) groups excluding carboxylic acids is 1. The lowest BCUT2D eigenvalue weighted by molar-refractivity contribution is 0.0943. The molecule has 0 aliphatic carbocycles. The van der Waals surface area contributed by atoms with E-state index in [0.29, 0.717) is 23.0 Å². The molecule has 0 fully saturated rings. The van der Waals surface area contributed by atoms with Gasteiger partial charge >= 0.3 is 0 Å². The van der Waals surface area contributed by atoms with Crippen molar-refractivity contribution in [3.63, 3.8) is 0 Å². The molecule has 7 nitrogen and oxygen atoms in total. The molecule has 2 aromatic carbocycles. The fourth-order valence-corrected chi connectivity index (χ4v) is 3.36. The van der Waals surface area contributed by atoms with Gasteiger partial charge in [-0.15, -0.1) is 0 Å². The average Bonchev–Trinajstić information content (AvgIpc) is 3.15. The van der Waals surface area contributed by atoms with Crippen molar-refractivity contribution in [1.29, 1.82) is 0 Å². The molecule has 1 amide bonds. The highest BCUT2D eigenvalue weighted by Gasteiger charge is 2.11. The molecule has 2 heterocycles. The van der Waals surface area contributed by atoms with E-state index in [1.54, 1.807) is 29.0 Å². The van der Waals surface area contributed by atoms with E-state index in [9.17, 15) is 9.59 Å². The van der Waals surface area contributed by atoms with Crippen molar-refractivity contribution in [2.24, 2.45) is 0 Å². The Morgan fingerprint density at radius 2 is 2.03 bits per heavy atom. The molecule has 0 saturated carbocycles. The van der Waals surface area contributed by atoms with E-state index in [4.69, 9.17) is 4.52 Å². The van der Waals surface area contributed by atoms with Crippen molar-refractivity contribution in [2.45, 2.75) is 33.4 Å². The van der Waals surface area contributed by atoms with Crippen LogP contribution in [-0.2, 0) is 6.54 Å². The Morgan fingerprint density at radius 3 is 2.77 bits per heavy atom. The van der Waals surface area contributed by atoms with E-state index in [0.717, 1.165) is 22.4 Å². The van der Waals surface area contributed by atoms with Crippen LogP contribution < -0.4 is 10.9 Å². The molecule has 30 heavy (non-hydrogen) atoms. The molecule has 0 aliphatic rings.